The zero-order chi connectivity index (χ0) is 14.4. The van der Waals surface area contributed by atoms with Crippen molar-refractivity contribution in [3.8, 4) is 6.07 Å². The van der Waals surface area contributed by atoms with Gasteiger partial charge in [-0.1, -0.05) is 0 Å². The second-order valence-corrected chi connectivity index (χ2v) is 7.73. The van der Waals surface area contributed by atoms with Gasteiger partial charge < -0.3 is 5.32 Å². The number of allylic oxidation sites excluding steroid dienone is 4. The van der Waals surface area contributed by atoms with Gasteiger partial charge in [0, 0.05) is 38.9 Å². The van der Waals surface area contributed by atoms with E-state index >= 15 is 0 Å². The topological polar surface area (TPSA) is 52.9 Å². The van der Waals surface area contributed by atoms with E-state index in [-0.39, 0.29) is 11.7 Å². The minimum absolute atomic E-state index is 0.0728. The quantitative estimate of drug-likeness (QED) is 0.859. The first-order valence-electron chi connectivity index (χ1n) is 7.17. The minimum Gasteiger partial charge on any atom is -0.361 e. The summed E-state index contributed by atoms with van der Waals surface area (Å²) >= 11 is 3.38. The minimum atomic E-state index is 0.0728. The molecule has 0 fully saturated rings. The highest BCUT2D eigenvalue weighted by molar-refractivity contribution is 8.03. The summed E-state index contributed by atoms with van der Waals surface area (Å²) in [7, 11) is 0. The summed E-state index contributed by atoms with van der Waals surface area (Å²) in [5.41, 5.74) is 3.38. The number of dihydropyridines is 1. The Morgan fingerprint density at radius 3 is 2.95 bits per heavy atom. The molecule has 5 heteroatoms. The molecule has 0 amide bonds. The van der Waals surface area contributed by atoms with Crippen LogP contribution in [0.5, 0.6) is 0 Å². The van der Waals surface area contributed by atoms with Crippen LogP contribution in [0.15, 0.2) is 34.0 Å². The highest BCUT2D eigenvalue weighted by atomic mass is 32.2. The number of nitriles is 1. The average Bonchev–Trinajstić information content (AvgIpc) is 3.14. The number of ketones is 1. The molecule has 3 aliphatic rings. The molecule has 0 saturated carbocycles. The molecular formula is C16H14N2OS2. The van der Waals surface area contributed by atoms with Gasteiger partial charge in [-0.25, -0.2) is 0 Å². The van der Waals surface area contributed by atoms with Crippen molar-refractivity contribution < 1.29 is 4.79 Å². The number of rotatable bonds is 1. The maximum atomic E-state index is 12.5. The van der Waals surface area contributed by atoms with Crippen LogP contribution in [0.3, 0.4) is 0 Å². The van der Waals surface area contributed by atoms with Crippen LogP contribution in [0.4, 0.5) is 0 Å². The molecule has 1 N–H and O–H groups in total. The molecule has 3 nitrogen and oxygen atoms in total. The Morgan fingerprint density at radius 2 is 2.14 bits per heavy atom. The van der Waals surface area contributed by atoms with Crippen LogP contribution in [0, 0.1) is 11.3 Å². The van der Waals surface area contributed by atoms with Crippen LogP contribution in [0.25, 0.3) is 0 Å². The Hall–Kier alpha value is -1.51. The Kier molecular flexibility index (Phi) is 3.16. The summed E-state index contributed by atoms with van der Waals surface area (Å²) in [5.74, 6) is 1.43. The van der Waals surface area contributed by atoms with Crippen molar-refractivity contribution in [1.82, 2.24) is 5.32 Å². The van der Waals surface area contributed by atoms with E-state index in [1.807, 2.05) is 23.9 Å². The van der Waals surface area contributed by atoms with E-state index in [0.29, 0.717) is 6.42 Å². The van der Waals surface area contributed by atoms with E-state index in [4.69, 9.17) is 5.26 Å². The Morgan fingerprint density at radius 1 is 1.24 bits per heavy atom. The number of nitrogens with one attached hydrogen (secondary N) is 1. The normalized spacial score (nSPS) is 24.5. The van der Waals surface area contributed by atoms with Crippen LogP contribution < -0.4 is 5.32 Å². The zero-order valence-electron chi connectivity index (χ0n) is 11.4. The lowest BCUT2D eigenvalue weighted by atomic mass is 9.82. The van der Waals surface area contributed by atoms with Gasteiger partial charge in [-0.05, 0) is 31.4 Å². The maximum Gasteiger partial charge on any atom is 0.161 e. The van der Waals surface area contributed by atoms with Crippen molar-refractivity contribution >= 4 is 28.9 Å². The van der Waals surface area contributed by atoms with E-state index in [1.54, 1.807) is 0 Å². The predicted molar refractivity (Wildman–Crippen MR) is 84.9 cm³/mol. The molecule has 106 valence electrons. The molecule has 3 heterocycles. The number of carbonyl (C=O) groups is 1. The van der Waals surface area contributed by atoms with Gasteiger partial charge in [-0.3, -0.25) is 4.79 Å². The fraction of sp³-hybridized carbons (Fsp3) is 0.375. The van der Waals surface area contributed by atoms with Crippen molar-refractivity contribution in [2.75, 3.05) is 5.75 Å². The van der Waals surface area contributed by atoms with Gasteiger partial charge in [-0.2, -0.15) is 5.26 Å². The first-order valence-corrected chi connectivity index (χ1v) is 8.97. The lowest BCUT2D eigenvalue weighted by molar-refractivity contribution is -0.116. The summed E-state index contributed by atoms with van der Waals surface area (Å²) in [6.07, 6.45) is 3.62. The smallest absolute Gasteiger partial charge is 0.161 e. The van der Waals surface area contributed by atoms with Crippen LogP contribution in [-0.4, -0.2) is 11.5 Å². The first kappa shape index (κ1) is 13.2. The molecule has 4 rings (SSSR count). The molecule has 1 aromatic rings. The predicted octanol–water partition coefficient (Wildman–Crippen LogP) is 3.66. The number of Topliss-reactive ketones (excluding diaryl/α,β-unsaturated/α-hetero) is 1. The van der Waals surface area contributed by atoms with Gasteiger partial charge in [-0.15, -0.1) is 23.1 Å². The number of hydrogen-bond donors (Lipinski definition) is 1. The first-order chi connectivity index (χ1) is 10.3. The summed E-state index contributed by atoms with van der Waals surface area (Å²) in [5, 5.41) is 12.6. The van der Waals surface area contributed by atoms with Crippen LogP contribution >= 0.6 is 23.1 Å². The summed E-state index contributed by atoms with van der Waals surface area (Å²) < 4.78 is 0. The lowest BCUT2D eigenvalue weighted by Crippen LogP contribution is -2.30. The number of thioether (sulfide) groups is 1. The fourth-order valence-electron chi connectivity index (χ4n) is 3.34. The molecule has 0 radical (unpaired) electrons. The molecule has 21 heavy (non-hydrogen) atoms. The van der Waals surface area contributed by atoms with Crippen molar-refractivity contribution in [1.29, 1.82) is 5.26 Å². The third kappa shape index (κ3) is 2.05. The maximum absolute atomic E-state index is 12.5. The molecule has 1 aromatic heterocycles. The average molecular weight is 314 g/mol. The third-order valence-corrected chi connectivity index (χ3v) is 6.49. The molecule has 1 unspecified atom stereocenters. The summed E-state index contributed by atoms with van der Waals surface area (Å²) in [4.78, 5) is 15.6. The second kappa shape index (κ2) is 5.04. The van der Waals surface area contributed by atoms with Gasteiger partial charge in [0.25, 0.3) is 0 Å². The Balaban J connectivity index is 1.86. The van der Waals surface area contributed by atoms with E-state index in [0.717, 1.165) is 46.0 Å². The largest absolute Gasteiger partial charge is 0.361 e. The van der Waals surface area contributed by atoms with E-state index in [9.17, 15) is 4.79 Å². The molecule has 0 aromatic carbocycles. The van der Waals surface area contributed by atoms with Crippen LogP contribution in [-0.2, 0) is 4.79 Å². The molecular weight excluding hydrogens is 300 g/mol. The van der Waals surface area contributed by atoms with Crippen molar-refractivity contribution in [3.05, 3.63) is 43.8 Å². The standard InChI is InChI=1S/C16H14N2OS2/c17-8-9-4-5-13(21-9)15-14-10(2-1-3-12(14)19)18-11-6-7-20-16(11)15/h4-5,15,18H,1-3,6-7H2. The third-order valence-electron chi connectivity index (χ3n) is 4.24. The molecule has 1 aliphatic carbocycles. The van der Waals surface area contributed by atoms with E-state index < -0.39 is 0 Å². The van der Waals surface area contributed by atoms with Crippen LogP contribution in [0.2, 0.25) is 0 Å². The van der Waals surface area contributed by atoms with E-state index in [1.165, 1.54) is 21.9 Å². The molecule has 0 spiro atoms. The fourth-order valence-corrected chi connectivity index (χ4v) is 5.60. The van der Waals surface area contributed by atoms with Gasteiger partial charge in [0.2, 0.25) is 0 Å². The van der Waals surface area contributed by atoms with Crippen molar-refractivity contribution in [2.24, 2.45) is 0 Å². The summed E-state index contributed by atoms with van der Waals surface area (Å²) in [6, 6.07) is 6.10. The number of thiophene rings is 1. The van der Waals surface area contributed by atoms with Gasteiger partial charge in [0.15, 0.2) is 5.78 Å². The van der Waals surface area contributed by atoms with Gasteiger partial charge in [0.1, 0.15) is 10.9 Å². The summed E-state index contributed by atoms with van der Waals surface area (Å²) in [6.45, 7) is 0. The monoisotopic (exact) mass is 314 g/mol. The highest BCUT2D eigenvalue weighted by Gasteiger charge is 2.38. The lowest BCUT2D eigenvalue weighted by Gasteiger charge is -2.32. The van der Waals surface area contributed by atoms with Gasteiger partial charge >= 0.3 is 0 Å². The second-order valence-electron chi connectivity index (χ2n) is 5.48. The highest BCUT2D eigenvalue weighted by Crippen LogP contribution is 2.51. The molecule has 0 bridgehead atoms. The van der Waals surface area contributed by atoms with Crippen molar-refractivity contribution in [2.45, 2.75) is 31.6 Å². The van der Waals surface area contributed by atoms with Gasteiger partial charge in [0.05, 0.1) is 5.92 Å². The zero-order valence-corrected chi connectivity index (χ0v) is 13.1. The van der Waals surface area contributed by atoms with Crippen LogP contribution in [0.1, 0.15) is 41.4 Å². The molecule has 0 saturated heterocycles. The number of hydrogen-bond acceptors (Lipinski definition) is 5. The molecule has 1 atom stereocenters. The number of nitrogens with zero attached hydrogens (tertiary/aromatic N) is 1. The Labute approximate surface area is 131 Å². The van der Waals surface area contributed by atoms with E-state index in [2.05, 4.69) is 11.4 Å². The van der Waals surface area contributed by atoms with Crippen molar-refractivity contribution in [3.63, 3.8) is 0 Å². The molecule has 2 aliphatic heterocycles. The Bertz CT molecular complexity index is 736. The SMILES string of the molecule is N#Cc1ccc(C2C3=C(CCS3)NC3=C2C(=O)CCC3)s1. The number of carbonyl (C=O) groups excluding carboxylic acids is 1.